The summed E-state index contributed by atoms with van der Waals surface area (Å²) in [4.78, 5) is 61.0. The first kappa shape index (κ1) is 34.8. The van der Waals surface area contributed by atoms with Gasteiger partial charge in [0.1, 0.15) is 19.3 Å². The van der Waals surface area contributed by atoms with E-state index in [1.54, 1.807) is 19.1 Å². The molecule has 0 aromatic heterocycles. The third kappa shape index (κ3) is 9.03. The molecule has 47 heavy (non-hydrogen) atoms. The Morgan fingerprint density at radius 2 is 1.47 bits per heavy atom. The van der Waals surface area contributed by atoms with Crippen LogP contribution < -0.4 is 24.3 Å². The van der Waals surface area contributed by atoms with E-state index in [-0.39, 0.29) is 23.7 Å². The summed E-state index contributed by atoms with van der Waals surface area (Å²) in [5.41, 5.74) is 0.222. The van der Waals surface area contributed by atoms with E-state index >= 15 is 0 Å². The molecule has 1 saturated heterocycles. The van der Waals surface area contributed by atoms with Crippen LogP contribution in [0.15, 0.2) is 42.5 Å². The van der Waals surface area contributed by atoms with Gasteiger partial charge in [-0.25, -0.2) is 0 Å². The van der Waals surface area contributed by atoms with Crippen LogP contribution >= 0.6 is 0 Å². The highest BCUT2D eigenvalue weighted by molar-refractivity contribution is 5.95. The lowest BCUT2D eigenvalue weighted by molar-refractivity contribution is -0.288. The Kier molecular flexibility index (Phi) is 11.5. The molecule has 254 valence electrons. The maximum Gasteiger partial charge on any atom is 0.303 e. The summed E-state index contributed by atoms with van der Waals surface area (Å²) in [6.45, 7) is 6.13. The van der Waals surface area contributed by atoms with Crippen LogP contribution in [0.25, 0.3) is 0 Å². The molecule has 15 nitrogen and oxygen atoms in total. The van der Waals surface area contributed by atoms with Crippen LogP contribution in [0, 0.1) is 0 Å². The minimum atomic E-state index is -1.49. The van der Waals surface area contributed by atoms with Gasteiger partial charge in [-0.2, -0.15) is 0 Å². The second kappa shape index (κ2) is 15.5. The molecule has 2 aromatic carbocycles. The third-order valence-corrected chi connectivity index (χ3v) is 7.06. The third-order valence-electron chi connectivity index (χ3n) is 7.06. The second-order valence-corrected chi connectivity index (χ2v) is 10.7. The Bertz CT molecular complexity index is 1480. The fourth-order valence-electron chi connectivity index (χ4n) is 4.98. The normalized spacial score (nSPS) is 23.7. The van der Waals surface area contributed by atoms with Gasteiger partial charge in [-0.15, -0.1) is 0 Å². The molecule has 0 radical (unpaired) electrons. The lowest BCUT2D eigenvalue weighted by Crippen LogP contribution is -2.63. The Balaban J connectivity index is 1.56. The van der Waals surface area contributed by atoms with E-state index in [1.165, 1.54) is 32.2 Å². The van der Waals surface area contributed by atoms with E-state index in [0.29, 0.717) is 11.5 Å². The molecule has 15 heteroatoms. The highest BCUT2D eigenvalue weighted by Crippen LogP contribution is 2.35. The summed E-state index contributed by atoms with van der Waals surface area (Å²) in [5, 5.41) is 2.90. The van der Waals surface area contributed by atoms with Gasteiger partial charge in [0.15, 0.2) is 41.3 Å². The summed E-state index contributed by atoms with van der Waals surface area (Å²) in [6.07, 6.45) is -7.36. The fourth-order valence-corrected chi connectivity index (χ4v) is 4.98. The van der Waals surface area contributed by atoms with Crippen molar-refractivity contribution in [2.24, 2.45) is 0 Å². The van der Waals surface area contributed by atoms with E-state index < -0.39 is 79.2 Å². The van der Waals surface area contributed by atoms with Crippen LogP contribution in [0.3, 0.4) is 0 Å². The molecule has 1 N–H and O–H groups in total. The molecule has 2 aromatic rings. The van der Waals surface area contributed by atoms with Gasteiger partial charge in [0.25, 0.3) is 5.91 Å². The number of benzene rings is 2. The molecule has 0 bridgehead atoms. The van der Waals surface area contributed by atoms with Gasteiger partial charge in [-0.1, -0.05) is 12.1 Å². The summed E-state index contributed by atoms with van der Waals surface area (Å²) in [6, 6.07) is 11.1. The van der Waals surface area contributed by atoms with Crippen molar-refractivity contribution < 1.29 is 66.6 Å². The number of carbonyl (C=O) groups is 5. The average molecular weight is 660 g/mol. The Labute approximate surface area is 270 Å². The van der Waals surface area contributed by atoms with Crippen molar-refractivity contribution in [3.8, 4) is 23.0 Å². The Hall–Kier alpha value is -5.05. The van der Waals surface area contributed by atoms with Crippen molar-refractivity contribution in [1.82, 2.24) is 5.32 Å². The SMILES string of the molecule is COc1cc(C(=O)N[C@@H](C)[C@@H]2COc3ccccc3O2)ccc1O[C@H]1O[C@@H](COC(C)=O)[C@H](OC(C)=O)[C@@H](OC(C)=O)[C@@H]1OC(C)=O. The van der Waals surface area contributed by atoms with Gasteiger partial charge < -0.3 is 47.9 Å². The van der Waals surface area contributed by atoms with Gasteiger partial charge in [0.2, 0.25) is 12.4 Å². The summed E-state index contributed by atoms with van der Waals surface area (Å²) < 4.78 is 50.7. The number of ether oxygens (including phenoxy) is 9. The van der Waals surface area contributed by atoms with Crippen molar-refractivity contribution >= 4 is 29.8 Å². The monoisotopic (exact) mass is 659 g/mol. The van der Waals surface area contributed by atoms with Gasteiger partial charge in [0, 0.05) is 33.3 Å². The zero-order valence-electron chi connectivity index (χ0n) is 26.7. The fraction of sp³-hybridized carbons (Fsp3) is 0.469. The van der Waals surface area contributed by atoms with Crippen molar-refractivity contribution in [3.63, 3.8) is 0 Å². The molecule has 0 spiro atoms. The molecule has 0 saturated carbocycles. The van der Waals surface area contributed by atoms with Crippen LogP contribution in [0.2, 0.25) is 0 Å². The number of methoxy groups -OCH3 is 1. The van der Waals surface area contributed by atoms with Crippen molar-refractivity contribution in [2.75, 3.05) is 20.3 Å². The zero-order chi connectivity index (χ0) is 34.2. The van der Waals surface area contributed by atoms with Crippen molar-refractivity contribution in [3.05, 3.63) is 48.0 Å². The molecular formula is C32H37NO14. The number of esters is 4. The number of hydrogen-bond donors (Lipinski definition) is 1. The number of fused-ring (bicyclic) bond motifs is 1. The topological polar surface area (TPSA) is 180 Å². The lowest BCUT2D eigenvalue weighted by Gasteiger charge is -2.44. The first-order valence-corrected chi connectivity index (χ1v) is 14.7. The molecule has 0 unspecified atom stereocenters. The maximum atomic E-state index is 13.2. The first-order valence-electron chi connectivity index (χ1n) is 14.7. The number of amides is 1. The van der Waals surface area contributed by atoms with E-state index in [4.69, 9.17) is 42.6 Å². The number of rotatable bonds is 11. The highest BCUT2D eigenvalue weighted by Gasteiger charge is 2.53. The van der Waals surface area contributed by atoms with Crippen LogP contribution in [-0.4, -0.2) is 93.0 Å². The molecule has 2 aliphatic rings. The van der Waals surface area contributed by atoms with Crippen LogP contribution in [-0.2, 0) is 42.9 Å². The Morgan fingerprint density at radius 1 is 0.830 bits per heavy atom. The van der Waals surface area contributed by atoms with Crippen molar-refractivity contribution in [2.45, 2.75) is 77.5 Å². The molecule has 2 aliphatic heterocycles. The second-order valence-electron chi connectivity index (χ2n) is 10.7. The van der Waals surface area contributed by atoms with Crippen LogP contribution in [0.1, 0.15) is 45.0 Å². The van der Waals surface area contributed by atoms with E-state index in [1.807, 2.05) is 12.1 Å². The largest absolute Gasteiger partial charge is 0.493 e. The minimum Gasteiger partial charge on any atom is -0.493 e. The quantitative estimate of drug-likeness (QED) is 0.274. The average Bonchev–Trinajstić information content (AvgIpc) is 3.02. The van der Waals surface area contributed by atoms with Crippen molar-refractivity contribution in [1.29, 1.82) is 0 Å². The summed E-state index contributed by atoms with van der Waals surface area (Å²) >= 11 is 0. The Morgan fingerprint density at radius 3 is 2.11 bits per heavy atom. The molecule has 1 fully saturated rings. The van der Waals surface area contributed by atoms with Crippen LogP contribution in [0.4, 0.5) is 0 Å². The molecule has 7 atom stereocenters. The number of para-hydroxylation sites is 2. The number of hydrogen-bond acceptors (Lipinski definition) is 14. The predicted molar refractivity (Wildman–Crippen MR) is 159 cm³/mol. The minimum absolute atomic E-state index is 0.0543. The first-order chi connectivity index (χ1) is 22.4. The standard InChI is InChI=1S/C32H37NO14/c1-16(26-14-41-22-9-7-8-10-23(22)45-26)33-31(38)21-11-12-24(25(13-21)39-6)46-32-30(44-20(5)37)29(43-19(4)36)28(42-18(3)35)27(47-32)15-40-17(2)34/h7-13,16,26-30,32H,14-15H2,1-6H3,(H,33,38)/t16-,26-,27-,28-,29+,30-,32-/m0/s1. The lowest BCUT2D eigenvalue weighted by atomic mass is 9.98. The molecule has 4 rings (SSSR count). The molecule has 1 amide bonds. The van der Waals surface area contributed by atoms with Gasteiger partial charge in [-0.3, -0.25) is 24.0 Å². The smallest absolute Gasteiger partial charge is 0.303 e. The van der Waals surface area contributed by atoms with E-state index in [2.05, 4.69) is 5.32 Å². The van der Waals surface area contributed by atoms with Crippen LogP contribution in [0.5, 0.6) is 23.0 Å². The number of nitrogens with one attached hydrogen (secondary N) is 1. The van der Waals surface area contributed by atoms with E-state index in [0.717, 1.165) is 20.8 Å². The van der Waals surface area contributed by atoms with E-state index in [9.17, 15) is 24.0 Å². The number of carbonyl (C=O) groups excluding carboxylic acids is 5. The van der Waals surface area contributed by atoms with Gasteiger partial charge in [0.05, 0.1) is 13.2 Å². The predicted octanol–water partition coefficient (Wildman–Crippen LogP) is 2.12. The van der Waals surface area contributed by atoms with Gasteiger partial charge in [-0.05, 0) is 37.3 Å². The summed E-state index contributed by atoms with van der Waals surface area (Å²) in [7, 11) is 1.35. The molecular weight excluding hydrogens is 622 g/mol. The molecule has 2 heterocycles. The maximum absolute atomic E-state index is 13.2. The molecule has 0 aliphatic carbocycles. The zero-order valence-corrected chi connectivity index (χ0v) is 26.7. The highest BCUT2D eigenvalue weighted by atomic mass is 16.7. The van der Waals surface area contributed by atoms with Gasteiger partial charge >= 0.3 is 23.9 Å². The summed E-state index contributed by atoms with van der Waals surface area (Å²) in [5.74, 6) is -2.06.